The summed E-state index contributed by atoms with van der Waals surface area (Å²) in [7, 11) is 0. The van der Waals surface area contributed by atoms with E-state index in [2.05, 4.69) is 400 Å². The van der Waals surface area contributed by atoms with Gasteiger partial charge in [-0.25, -0.2) is 0 Å². The molecule has 0 fully saturated rings. The normalized spacial score (nSPS) is 13.9. The first-order chi connectivity index (χ1) is 51.1. The van der Waals surface area contributed by atoms with E-state index in [-0.39, 0.29) is 0 Å². The van der Waals surface area contributed by atoms with E-state index in [0.717, 1.165) is 0 Å². The van der Waals surface area contributed by atoms with Crippen LogP contribution in [-0.4, -0.2) is 0 Å². The van der Waals surface area contributed by atoms with Gasteiger partial charge in [0.05, 0.1) is 16.2 Å². The standard InChI is InChI=1S/C103H66/c1-7-31-71(32-8-1)101(72-33-9-2-10-34-72)91-53-29-27-43-77(91)79-59-55-67(63-93(79)101)97-83-45-19-23-49-87(83)99(88-50-24-20-46-84(88)97)69-57-61-81-82-62-58-70(66-96(82)103(95(81)65-69,75-39-15-5-16-40-75)76-41-17-6-18-42-76)100-89-51-25-21-47-85(89)98(86-48-22-26-52-90(86)100)68-56-60-80-78-44-28-30-54-92(78)102(94(80)64-68,73-35-11-3-12-36-73)74-37-13-4-14-38-74/h1-66H. The zero-order valence-electron chi connectivity index (χ0n) is 56.6. The van der Waals surface area contributed by atoms with Crippen molar-refractivity contribution in [3.63, 3.8) is 0 Å². The maximum Gasteiger partial charge on any atom is 0.0713 e. The molecule has 0 heteroatoms. The van der Waals surface area contributed by atoms with Crippen molar-refractivity contribution >= 4 is 43.1 Å². The van der Waals surface area contributed by atoms with E-state index in [1.54, 1.807) is 0 Å². The summed E-state index contributed by atoms with van der Waals surface area (Å²) < 4.78 is 0. The van der Waals surface area contributed by atoms with Gasteiger partial charge >= 0.3 is 0 Å². The fourth-order valence-electron chi connectivity index (χ4n) is 19.5. The molecule has 0 nitrogen and oxygen atoms in total. The first-order valence-electron chi connectivity index (χ1n) is 36.1. The van der Waals surface area contributed by atoms with Crippen molar-refractivity contribution in [3.05, 3.63) is 467 Å². The SMILES string of the molecule is c1ccc(C2(c3ccccc3)c3ccccc3-c3ccc(-c4c5ccccc5c(-c5ccc6c(c5)C(c5ccccc5)(c5ccccc5)c5cc(-c7c8ccccc8c(-c8ccc9c(c8)C(c8ccccc8)(c8ccccc8)c8ccccc8-9)c8ccccc78)ccc5-6)c5ccccc45)cc32)cc1. The number of fused-ring (bicyclic) bond motifs is 13. The van der Waals surface area contributed by atoms with Crippen molar-refractivity contribution in [2.75, 3.05) is 0 Å². The summed E-state index contributed by atoms with van der Waals surface area (Å²) in [5.74, 6) is 0. The van der Waals surface area contributed by atoms with Crippen molar-refractivity contribution < 1.29 is 0 Å². The molecule has 0 amide bonds. The molecule has 0 saturated carbocycles. The lowest BCUT2D eigenvalue weighted by Gasteiger charge is -2.34. The fourth-order valence-corrected chi connectivity index (χ4v) is 19.5. The second-order valence-corrected chi connectivity index (χ2v) is 28.3. The first-order valence-corrected chi connectivity index (χ1v) is 36.1. The minimum absolute atomic E-state index is 0.534. The molecule has 3 aliphatic carbocycles. The molecule has 21 rings (SSSR count). The predicted octanol–water partition coefficient (Wildman–Crippen LogP) is 26.1. The maximum absolute atomic E-state index is 2.57. The van der Waals surface area contributed by atoms with Crippen LogP contribution in [0.15, 0.2) is 400 Å². The quantitative estimate of drug-likeness (QED) is 0.120. The van der Waals surface area contributed by atoms with Crippen LogP contribution in [0.3, 0.4) is 0 Å². The molecular formula is C103H66. The highest BCUT2D eigenvalue weighted by Gasteiger charge is 2.50. The Morgan fingerprint density at radius 3 is 0.505 bits per heavy atom. The second-order valence-electron chi connectivity index (χ2n) is 28.3. The van der Waals surface area contributed by atoms with E-state index >= 15 is 0 Å². The van der Waals surface area contributed by atoms with Gasteiger partial charge in [0.2, 0.25) is 0 Å². The summed E-state index contributed by atoms with van der Waals surface area (Å²) in [6.45, 7) is 0. The Morgan fingerprint density at radius 2 is 0.291 bits per heavy atom. The monoisotopic (exact) mass is 1300 g/mol. The number of benzene rings is 18. The lowest BCUT2D eigenvalue weighted by molar-refractivity contribution is 0.769. The Bertz CT molecular complexity index is 5860. The zero-order valence-corrected chi connectivity index (χ0v) is 56.6. The van der Waals surface area contributed by atoms with Crippen LogP contribution >= 0.6 is 0 Å². The van der Waals surface area contributed by atoms with Crippen molar-refractivity contribution in [1.82, 2.24) is 0 Å². The molecule has 0 radical (unpaired) electrons. The van der Waals surface area contributed by atoms with Crippen LogP contribution in [0.5, 0.6) is 0 Å². The summed E-state index contributed by atoms with van der Waals surface area (Å²) in [6, 6.07) is 152. The molecule has 0 atom stereocenters. The van der Waals surface area contributed by atoms with E-state index in [0.29, 0.717) is 0 Å². The van der Waals surface area contributed by atoms with Gasteiger partial charge in [0.1, 0.15) is 0 Å². The smallest absolute Gasteiger partial charge is 0.0622 e. The fraction of sp³-hybridized carbons (Fsp3) is 0.0291. The average molecular weight is 1300 g/mol. The molecule has 0 spiro atoms. The van der Waals surface area contributed by atoms with Crippen molar-refractivity contribution in [2.24, 2.45) is 0 Å². The van der Waals surface area contributed by atoms with Crippen LogP contribution in [-0.2, 0) is 16.2 Å². The van der Waals surface area contributed by atoms with Crippen LogP contribution in [0, 0.1) is 0 Å². The lowest BCUT2D eigenvalue weighted by atomic mass is 9.67. The van der Waals surface area contributed by atoms with Crippen molar-refractivity contribution in [3.8, 4) is 77.9 Å². The van der Waals surface area contributed by atoms with Crippen molar-refractivity contribution in [2.45, 2.75) is 16.2 Å². The molecule has 3 aliphatic rings. The molecule has 103 heavy (non-hydrogen) atoms. The summed E-state index contributed by atoms with van der Waals surface area (Å²) in [6.07, 6.45) is 0. The largest absolute Gasteiger partial charge is 0.0713 e. The lowest BCUT2D eigenvalue weighted by Crippen LogP contribution is -2.28. The van der Waals surface area contributed by atoms with Gasteiger partial charge in [0.25, 0.3) is 0 Å². The maximum atomic E-state index is 2.57. The van der Waals surface area contributed by atoms with E-state index in [1.165, 1.54) is 188 Å². The molecule has 0 heterocycles. The number of hydrogen-bond donors (Lipinski definition) is 0. The van der Waals surface area contributed by atoms with Gasteiger partial charge in [-0.2, -0.15) is 0 Å². The molecule has 0 unspecified atom stereocenters. The minimum atomic E-state index is -0.714. The third-order valence-electron chi connectivity index (χ3n) is 23.5. The molecule has 0 aliphatic heterocycles. The average Bonchev–Trinajstić information content (AvgIpc) is 1.55. The third-order valence-corrected chi connectivity index (χ3v) is 23.5. The minimum Gasteiger partial charge on any atom is -0.0622 e. The molecular weight excluding hydrogens is 1240 g/mol. The summed E-state index contributed by atoms with van der Waals surface area (Å²) in [4.78, 5) is 0. The molecule has 0 saturated heterocycles. The molecule has 18 aromatic carbocycles. The summed E-state index contributed by atoms with van der Waals surface area (Å²) >= 11 is 0. The van der Waals surface area contributed by atoms with Gasteiger partial charge in [-0.05, 0) is 212 Å². The Morgan fingerprint density at radius 1 is 0.126 bits per heavy atom. The van der Waals surface area contributed by atoms with Crippen LogP contribution in [0.25, 0.3) is 121 Å². The summed E-state index contributed by atoms with van der Waals surface area (Å²) in [5, 5.41) is 9.78. The Kier molecular flexibility index (Phi) is 13.2. The topological polar surface area (TPSA) is 0 Å². The van der Waals surface area contributed by atoms with Crippen molar-refractivity contribution in [1.29, 1.82) is 0 Å². The van der Waals surface area contributed by atoms with E-state index in [9.17, 15) is 0 Å². The Labute approximate surface area is 600 Å². The van der Waals surface area contributed by atoms with Crippen LogP contribution in [0.4, 0.5) is 0 Å². The Hall–Kier alpha value is -13.0. The summed E-state index contributed by atoms with van der Waals surface area (Å²) in [5.41, 5.74) is 30.8. The molecule has 18 aromatic rings. The highest BCUT2D eigenvalue weighted by molar-refractivity contribution is 6.23. The first kappa shape index (κ1) is 58.9. The molecule has 478 valence electrons. The van der Waals surface area contributed by atoms with E-state index < -0.39 is 16.2 Å². The van der Waals surface area contributed by atoms with Gasteiger partial charge in [-0.15, -0.1) is 0 Å². The van der Waals surface area contributed by atoms with Gasteiger partial charge in [-0.1, -0.05) is 376 Å². The van der Waals surface area contributed by atoms with Crippen LogP contribution < -0.4 is 0 Å². The van der Waals surface area contributed by atoms with E-state index in [4.69, 9.17) is 0 Å². The molecule has 0 aromatic heterocycles. The zero-order chi connectivity index (χ0) is 67.8. The predicted molar refractivity (Wildman–Crippen MR) is 430 cm³/mol. The Balaban J connectivity index is 0.762. The van der Waals surface area contributed by atoms with Crippen LogP contribution in [0.1, 0.15) is 66.8 Å². The highest BCUT2D eigenvalue weighted by Crippen LogP contribution is 2.62. The highest BCUT2D eigenvalue weighted by atomic mass is 14.5. The van der Waals surface area contributed by atoms with E-state index in [1.807, 2.05) is 0 Å². The molecule has 0 N–H and O–H groups in total. The number of rotatable bonds is 10. The van der Waals surface area contributed by atoms with Gasteiger partial charge in [-0.3, -0.25) is 0 Å². The third kappa shape index (κ3) is 8.29. The van der Waals surface area contributed by atoms with Gasteiger partial charge in [0, 0.05) is 0 Å². The van der Waals surface area contributed by atoms with Crippen LogP contribution in [0.2, 0.25) is 0 Å². The van der Waals surface area contributed by atoms with Gasteiger partial charge < -0.3 is 0 Å². The number of hydrogen-bond acceptors (Lipinski definition) is 0. The second kappa shape index (κ2) is 23.0. The van der Waals surface area contributed by atoms with Gasteiger partial charge in [0.15, 0.2) is 0 Å². The molecule has 0 bridgehead atoms.